The molecule has 0 saturated carbocycles. The first-order chi connectivity index (χ1) is 9.04. The van der Waals surface area contributed by atoms with Crippen LogP contribution in [0.5, 0.6) is 0 Å². The summed E-state index contributed by atoms with van der Waals surface area (Å²) in [5.74, 6) is 0.163. The molecule has 0 aliphatic rings. The molecule has 2 aromatic rings. The van der Waals surface area contributed by atoms with Crippen LogP contribution < -0.4 is 0 Å². The van der Waals surface area contributed by atoms with E-state index in [2.05, 4.69) is 31.2 Å². The molecule has 0 bridgehead atoms. The number of rotatable bonds is 5. The molecule has 0 fully saturated rings. The van der Waals surface area contributed by atoms with Gasteiger partial charge in [-0.1, -0.05) is 29.8 Å². The van der Waals surface area contributed by atoms with Crippen LogP contribution in [0.4, 0.5) is 0 Å². The first kappa shape index (κ1) is 13.6. The van der Waals surface area contributed by atoms with Gasteiger partial charge >= 0.3 is 0 Å². The van der Waals surface area contributed by atoms with Crippen molar-refractivity contribution in [3.63, 3.8) is 0 Å². The van der Waals surface area contributed by atoms with Crippen molar-refractivity contribution in [2.24, 2.45) is 7.05 Å². The van der Waals surface area contributed by atoms with Crippen LogP contribution in [0.15, 0.2) is 42.7 Å². The van der Waals surface area contributed by atoms with Crippen molar-refractivity contribution in [1.29, 1.82) is 0 Å². The SMILES string of the molecule is Cc1cccc(CN(C)CC(=O)c2ccn(C)c2)c1. The third-order valence-corrected chi connectivity index (χ3v) is 3.10. The molecule has 0 radical (unpaired) electrons. The van der Waals surface area contributed by atoms with Crippen LogP contribution in [0.2, 0.25) is 0 Å². The lowest BCUT2D eigenvalue weighted by Crippen LogP contribution is -2.25. The summed E-state index contributed by atoms with van der Waals surface area (Å²) in [6.07, 6.45) is 3.76. The van der Waals surface area contributed by atoms with Crippen LogP contribution >= 0.6 is 0 Å². The fourth-order valence-corrected chi connectivity index (χ4v) is 2.18. The van der Waals surface area contributed by atoms with Gasteiger partial charge in [0, 0.05) is 31.5 Å². The van der Waals surface area contributed by atoms with Crippen LogP contribution in [0.1, 0.15) is 21.5 Å². The van der Waals surface area contributed by atoms with E-state index in [1.165, 1.54) is 11.1 Å². The summed E-state index contributed by atoms with van der Waals surface area (Å²) in [7, 11) is 3.90. The number of aromatic nitrogens is 1. The van der Waals surface area contributed by atoms with Crippen LogP contribution in [-0.4, -0.2) is 28.8 Å². The Labute approximate surface area is 114 Å². The van der Waals surface area contributed by atoms with E-state index in [0.717, 1.165) is 12.1 Å². The van der Waals surface area contributed by atoms with E-state index in [1.807, 2.05) is 42.0 Å². The molecule has 0 N–H and O–H groups in total. The minimum Gasteiger partial charge on any atom is -0.357 e. The second-order valence-corrected chi connectivity index (χ2v) is 5.15. The molecule has 0 unspecified atom stereocenters. The molecule has 1 aromatic carbocycles. The summed E-state index contributed by atoms with van der Waals surface area (Å²) in [4.78, 5) is 14.1. The van der Waals surface area contributed by atoms with Gasteiger partial charge in [0.1, 0.15) is 0 Å². The van der Waals surface area contributed by atoms with E-state index in [0.29, 0.717) is 6.54 Å². The predicted molar refractivity (Wildman–Crippen MR) is 77.3 cm³/mol. The number of nitrogens with zero attached hydrogens (tertiary/aromatic N) is 2. The Morgan fingerprint density at radius 2 is 2.11 bits per heavy atom. The van der Waals surface area contributed by atoms with Crippen molar-refractivity contribution in [2.75, 3.05) is 13.6 Å². The fourth-order valence-electron chi connectivity index (χ4n) is 2.18. The van der Waals surface area contributed by atoms with Gasteiger partial charge in [-0.3, -0.25) is 9.69 Å². The van der Waals surface area contributed by atoms with Crippen molar-refractivity contribution in [1.82, 2.24) is 9.47 Å². The molecule has 1 heterocycles. The second-order valence-electron chi connectivity index (χ2n) is 5.15. The zero-order valence-corrected chi connectivity index (χ0v) is 11.8. The van der Waals surface area contributed by atoms with Gasteiger partial charge in [0.2, 0.25) is 0 Å². The van der Waals surface area contributed by atoms with Gasteiger partial charge in [0.25, 0.3) is 0 Å². The van der Waals surface area contributed by atoms with Gasteiger partial charge in [-0.15, -0.1) is 0 Å². The van der Waals surface area contributed by atoms with Gasteiger partial charge in [0.05, 0.1) is 6.54 Å². The number of benzene rings is 1. The summed E-state index contributed by atoms with van der Waals surface area (Å²) < 4.78 is 1.90. The quantitative estimate of drug-likeness (QED) is 0.768. The van der Waals surface area contributed by atoms with Crippen molar-refractivity contribution < 1.29 is 4.79 Å². The first-order valence-corrected chi connectivity index (χ1v) is 6.44. The molecular formula is C16H20N2O. The third kappa shape index (κ3) is 3.80. The molecule has 2 rings (SSSR count). The molecule has 3 nitrogen and oxygen atoms in total. The Morgan fingerprint density at radius 3 is 2.74 bits per heavy atom. The molecule has 0 aliphatic heterocycles. The van der Waals surface area contributed by atoms with Gasteiger partial charge < -0.3 is 4.57 Å². The number of Topliss-reactive ketones (excluding diaryl/α,β-unsaturated/α-hetero) is 1. The van der Waals surface area contributed by atoms with E-state index in [1.54, 1.807) is 0 Å². The monoisotopic (exact) mass is 256 g/mol. The molecule has 0 saturated heterocycles. The summed E-state index contributed by atoms with van der Waals surface area (Å²) in [6.45, 7) is 3.32. The third-order valence-electron chi connectivity index (χ3n) is 3.10. The molecule has 0 atom stereocenters. The van der Waals surface area contributed by atoms with E-state index >= 15 is 0 Å². The maximum Gasteiger partial charge on any atom is 0.178 e. The number of aryl methyl sites for hydroxylation is 2. The highest BCUT2D eigenvalue weighted by atomic mass is 16.1. The molecule has 3 heteroatoms. The fraction of sp³-hybridized carbons (Fsp3) is 0.312. The highest BCUT2D eigenvalue weighted by molar-refractivity contribution is 5.97. The smallest absolute Gasteiger partial charge is 0.178 e. The lowest BCUT2D eigenvalue weighted by Gasteiger charge is -2.15. The van der Waals surface area contributed by atoms with E-state index in [4.69, 9.17) is 0 Å². The average Bonchev–Trinajstić information content (AvgIpc) is 2.75. The Morgan fingerprint density at radius 1 is 1.32 bits per heavy atom. The topological polar surface area (TPSA) is 25.2 Å². The normalized spacial score (nSPS) is 10.9. The number of carbonyl (C=O) groups excluding carboxylic acids is 1. The van der Waals surface area contributed by atoms with Gasteiger partial charge in [0.15, 0.2) is 5.78 Å². The van der Waals surface area contributed by atoms with Crippen LogP contribution in [0.3, 0.4) is 0 Å². The maximum atomic E-state index is 12.1. The lowest BCUT2D eigenvalue weighted by atomic mass is 10.1. The lowest BCUT2D eigenvalue weighted by molar-refractivity contribution is 0.0943. The standard InChI is InChI=1S/C16H20N2O/c1-13-5-4-6-14(9-13)10-18(3)12-16(19)15-7-8-17(2)11-15/h4-9,11H,10,12H2,1-3H3. The van der Waals surface area contributed by atoms with E-state index in [-0.39, 0.29) is 5.78 Å². The maximum absolute atomic E-state index is 12.1. The van der Waals surface area contributed by atoms with Gasteiger partial charge in [-0.05, 0) is 25.6 Å². The largest absolute Gasteiger partial charge is 0.357 e. The summed E-state index contributed by atoms with van der Waals surface area (Å²) in [5, 5.41) is 0. The Bertz CT molecular complexity index is 572. The number of hydrogen-bond acceptors (Lipinski definition) is 2. The second kappa shape index (κ2) is 5.85. The number of hydrogen-bond donors (Lipinski definition) is 0. The number of carbonyl (C=O) groups is 1. The molecule has 0 amide bonds. The van der Waals surface area contributed by atoms with Crippen molar-refractivity contribution in [3.8, 4) is 0 Å². The van der Waals surface area contributed by atoms with E-state index < -0.39 is 0 Å². The molecular weight excluding hydrogens is 236 g/mol. The molecule has 100 valence electrons. The molecule has 0 aliphatic carbocycles. The first-order valence-electron chi connectivity index (χ1n) is 6.44. The number of likely N-dealkylation sites (N-methyl/N-ethyl adjacent to an activating group) is 1. The van der Waals surface area contributed by atoms with Gasteiger partial charge in [-0.2, -0.15) is 0 Å². The summed E-state index contributed by atoms with van der Waals surface area (Å²) in [6, 6.07) is 10.2. The Kier molecular flexibility index (Phi) is 4.17. The van der Waals surface area contributed by atoms with Crippen molar-refractivity contribution >= 4 is 5.78 Å². The van der Waals surface area contributed by atoms with Crippen molar-refractivity contribution in [2.45, 2.75) is 13.5 Å². The highest BCUT2D eigenvalue weighted by Gasteiger charge is 2.10. The summed E-state index contributed by atoms with van der Waals surface area (Å²) in [5.41, 5.74) is 3.27. The van der Waals surface area contributed by atoms with Crippen molar-refractivity contribution in [3.05, 3.63) is 59.4 Å². The van der Waals surface area contributed by atoms with Crippen LogP contribution in [0, 0.1) is 6.92 Å². The molecule has 0 spiro atoms. The van der Waals surface area contributed by atoms with E-state index in [9.17, 15) is 4.79 Å². The summed E-state index contributed by atoms with van der Waals surface area (Å²) >= 11 is 0. The van der Waals surface area contributed by atoms with Crippen LogP contribution in [0.25, 0.3) is 0 Å². The molecule has 1 aromatic heterocycles. The minimum atomic E-state index is 0.163. The Hall–Kier alpha value is -1.87. The highest BCUT2D eigenvalue weighted by Crippen LogP contribution is 2.08. The van der Waals surface area contributed by atoms with Gasteiger partial charge in [-0.25, -0.2) is 0 Å². The zero-order chi connectivity index (χ0) is 13.8. The number of ketones is 1. The van der Waals surface area contributed by atoms with Crippen LogP contribution in [-0.2, 0) is 13.6 Å². The Balaban J connectivity index is 1.94. The minimum absolute atomic E-state index is 0.163. The predicted octanol–water partition coefficient (Wildman–Crippen LogP) is 2.65. The molecule has 19 heavy (non-hydrogen) atoms. The average molecular weight is 256 g/mol. The zero-order valence-electron chi connectivity index (χ0n) is 11.8.